The number of carbonyl (C=O) groups excluding carboxylic acids is 8. The van der Waals surface area contributed by atoms with E-state index in [4.69, 9.17) is 28.9 Å². The smallest absolute Gasteiger partial charge is 0.258 e. The number of amides is 7. The lowest BCUT2D eigenvalue weighted by molar-refractivity contribution is -0.479. The summed E-state index contributed by atoms with van der Waals surface area (Å²) in [6, 6.07) is 21.4. The molecular weight excluding hydrogens is 1180 g/mol. The van der Waals surface area contributed by atoms with Gasteiger partial charge in [-0.15, -0.1) is 4.33 Å². The molecule has 4 aromatic rings. The van der Waals surface area contributed by atoms with Crippen LogP contribution in [0.4, 0.5) is 5.69 Å². The standard InChI is InChI=1S/C69H82N6O15S/c1-42(2)66(72-63(78)15-9-7-10-29-73-64(79)26-27-65(73)80)58(77)35-48(14-13-28-70-44(4)76)67(81)71-52-21-16-45(17-22-52)50-33-53-23-18-47-36-59(43(3)32-55(47)68(82)74(53)40-50)86-30-11-8-12-31-87-62-38-49-37-60(88-89-90-91)57-34-51(46-19-24-54(84-5)25-20-46)41-75(57)69(83)56(49)39-61(62)85-6/h16-17,19-22,24-27,32,36,38-42,48,53,57,60,66,91H,7-15,18,23,28-31,33-35,37H2,1-6H3,(H,70,76)(H,71,81)(H,72,78)/t48?,53-,57+,60?,66?/m1/s1. The highest BCUT2D eigenvalue weighted by molar-refractivity contribution is 7.74. The van der Waals surface area contributed by atoms with Gasteiger partial charge in [0.1, 0.15) is 17.6 Å². The molecule has 0 saturated heterocycles. The van der Waals surface area contributed by atoms with Crippen LogP contribution in [-0.2, 0) is 55.9 Å². The predicted octanol–water partition coefficient (Wildman–Crippen LogP) is 9.80. The number of thiol groups is 1. The summed E-state index contributed by atoms with van der Waals surface area (Å²) < 4.78 is 28.2. The maximum Gasteiger partial charge on any atom is 0.258 e. The normalized spacial score (nSPS) is 18.1. The number of nitrogens with one attached hydrogen (secondary N) is 3. The number of hydrogen-bond donors (Lipinski definition) is 4. The van der Waals surface area contributed by atoms with Crippen LogP contribution in [0.1, 0.15) is 153 Å². The van der Waals surface area contributed by atoms with Gasteiger partial charge < -0.3 is 44.7 Å². The van der Waals surface area contributed by atoms with E-state index in [1.165, 1.54) is 24.0 Å². The minimum atomic E-state index is -0.819. The molecule has 7 amide bonds. The van der Waals surface area contributed by atoms with Gasteiger partial charge in [-0.2, -0.15) is 4.89 Å². The lowest BCUT2D eigenvalue weighted by Gasteiger charge is -2.26. The minimum Gasteiger partial charge on any atom is -0.497 e. The van der Waals surface area contributed by atoms with Crippen LogP contribution in [-0.4, -0.2) is 127 Å². The van der Waals surface area contributed by atoms with Gasteiger partial charge in [0.05, 0.1) is 39.5 Å². The molecule has 0 fully saturated rings. The molecule has 0 aromatic heterocycles. The van der Waals surface area contributed by atoms with Crippen molar-refractivity contribution >= 4 is 76.9 Å². The quantitative estimate of drug-likeness (QED) is 0.00887. The van der Waals surface area contributed by atoms with Crippen molar-refractivity contribution in [2.24, 2.45) is 11.8 Å². The Morgan fingerprint density at radius 3 is 2.03 bits per heavy atom. The van der Waals surface area contributed by atoms with Gasteiger partial charge in [0, 0.05) is 106 Å². The van der Waals surface area contributed by atoms with Crippen molar-refractivity contribution < 1.29 is 71.6 Å². The van der Waals surface area contributed by atoms with Crippen LogP contribution in [0.2, 0.25) is 0 Å². The maximum atomic E-state index is 14.3. The molecule has 9 rings (SSSR count). The van der Waals surface area contributed by atoms with Crippen molar-refractivity contribution in [3.63, 3.8) is 0 Å². The Bertz CT molecular complexity index is 3420. The number of unbranched alkanes of at least 4 members (excludes halogenated alkanes) is 4. The van der Waals surface area contributed by atoms with Gasteiger partial charge in [-0.25, -0.2) is 0 Å². The Balaban J connectivity index is 0.743. The lowest BCUT2D eigenvalue weighted by Crippen LogP contribution is -2.45. The van der Waals surface area contributed by atoms with Crippen molar-refractivity contribution in [3.05, 3.63) is 136 Å². The molecule has 0 bridgehead atoms. The summed E-state index contributed by atoms with van der Waals surface area (Å²) in [6.07, 6.45) is 13.4. The van der Waals surface area contributed by atoms with E-state index in [9.17, 15) is 38.4 Å². The largest absolute Gasteiger partial charge is 0.497 e. The van der Waals surface area contributed by atoms with Crippen molar-refractivity contribution in [1.82, 2.24) is 25.3 Å². The molecule has 5 aliphatic rings. The number of aryl methyl sites for hydroxylation is 2. The molecule has 0 aliphatic carbocycles. The fourth-order valence-electron chi connectivity index (χ4n) is 12.5. The molecular formula is C69H82N6O15S. The first kappa shape index (κ1) is 67.1. The summed E-state index contributed by atoms with van der Waals surface area (Å²) in [7, 11) is 3.16. The van der Waals surface area contributed by atoms with E-state index in [-0.39, 0.29) is 84.5 Å². The first-order chi connectivity index (χ1) is 43.9. The van der Waals surface area contributed by atoms with Crippen LogP contribution in [0, 0.1) is 18.8 Å². The zero-order valence-electron chi connectivity index (χ0n) is 52.5. The Hall–Kier alpha value is -8.31. The molecule has 0 spiro atoms. The summed E-state index contributed by atoms with van der Waals surface area (Å²) in [5, 5.41) is 13.5. The minimum absolute atomic E-state index is 0.0398. The van der Waals surface area contributed by atoms with Crippen LogP contribution in [0.25, 0.3) is 11.1 Å². The number of nitrogens with zero attached hydrogens (tertiary/aromatic N) is 3. The molecule has 21 nitrogen and oxygen atoms in total. The van der Waals surface area contributed by atoms with Crippen LogP contribution in [0.3, 0.4) is 0 Å². The van der Waals surface area contributed by atoms with Gasteiger partial charge >= 0.3 is 0 Å². The monoisotopic (exact) mass is 1270 g/mol. The lowest BCUT2D eigenvalue weighted by atomic mass is 9.89. The summed E-state index contributed by atoms with van der Waals surface area (Å²) in [5.74, 6) is -0.628. The van der Waals surface area contributed by atoms with E-state index in [1.807, 2.05) is 105 Å². The number of ketones is 1. The Kier molecular flexibility index (Phi) is 23.3. The van der Waals surface area contributed by atoms with Gasteiger partial charge in [0.25, 0.3) is 23.6 Å². The zero-order chi connectivity index (χ0) is 64.7. The number of fused-ring (bicyclic) bond motifs is 4. The van der Waals surface area contributed by atoms with Gasteiger partial charge in [0.15, 0.2) is 17.3 Å². The number of ether oxygens (including phenoxy) is 4. The summed E-state index contributed by atoms with van der Waals surface area (Å²) in [5.41, 5.74) is 8.03. The molecule has 0 radical (unpaired) electrons. The van der Waals surface area contributed by atoms with Crippen molar-refractivity contribution in [1.29, 1.82) is 0 Å². The first-order valence-electron chi connectivity index (χ1n) is 31.4. The van der Waals surface area contributed by atoms with Crippen molar-refractivity contribution in [3.8, 4) is 23.0 Å². The molecule has 22 heteroatoms. The highest BCUT2D eigenvalue weighted by atomic mass is 32.1. The summed E-state index contributed by atoms with van der Waals surface area (Å²) in [6.45, 7) is 8.53. The Labute approximate surface area is 536 Å². The third kappa shape index (κ3) is 17.0. The predicted molar refractivity (Wildman–Crippen MR) is 342 cm³/mol. The number of hydrogen-bond acceptors (Lipinski definition) is 16. The third-order valence-electron chi connectivity index (χ3n) is 17.5. The first-order valence-corrected chi connectivity index (χ1v) is 31.8. The molecule has 484 valence electrons. The fourth-order valence-corrected chi connectivity index (χ4v) is 12.5. The number of methoxy groups -OCH3 is 2. The number of anilines is 1. The number of benzene rings is 4. The highest BCUT2D eigenvalue weighted by Crippen LogP contribution is 2.42. The summed E-state index contributed by atoms with van der Waals surface area (Å²) in [4.78, 5) is 115. The second kappa shape index (κ2) is 31.6. The van der Waals surface area contributed by atoms with E-state index in [1.54, 1.807) is 25.2 Å². The average molecular weight is 1270 g/mol. The van der Waals surface area contributed by atoms with Gasteiger partial charge in [-0.05, 0) is 171 Å². The topological polar surface area (TPSA) is 247 Å². The average Bonchev–Trinajstić information content (AvgIpc) is 1.68. The van der Waals surface area contributed by atoms with Crippen molar-refractivity contribution in [2.75, 3.05) is 45.8 Å². The number of imide groups is 1. The van der Waals surface area contributed by atoms with Gasteiger partial charge in [-0.3, -0.25) is 43.3 Å². The van der Waals surface area contributed by atoms with Gasteiger partial charge in [0.2, 0.25) is 17.7 Å². The van der Waals surface area contributed by atoms with E-state index in [0.29, 0.717) is 111 Å². The maximum absolute atomic E-state index is 14.3. The SMILES string of the molecule is COc1ccc(C2=CN3C(=O)c4cc(OC)c(OCCCCCOc5cc6c(cc5C)C(=O)N5C=C(c7ccc(NC(=O)C(CCCNC(C)=O)CC(=O)C(NC(=O)CCCCCN8C(=O)C=CC8=O)C(C)C)cc7)C[C@H]5CC6)cc4CC(OOOS)[C@@H]3C2)cc1. The number of rotatable bonds is 32. The molecule has 0 saturated carbocycles. The second-order valence-electron chi connectivity index (χ2n) is 24.1. The van der Waals surface area contributed by atoms with E-state index >= 15 is 0 Å². The molecule has 3 N–H and O–H groups in total. The van der Waals surface area contributed by atoms with E-state index in [2.05, 4.69) is 33.2 Å². The number of carbonyl (C=O) groups is 8. The second-order valence-corrected chi connectivity index (χ2v) is 24.3. The van der Waals surface area contributed by atoms with Crippen LogP contribution < -0.4 is 34.9 Å². The Morgan fingerprint density at radius 2 is 1.35 bits per heavy atom. The fraction of sp³-hybridized carbons (Fsp3) is 0.449. The molecule has 91 heavy (non-hydrogen) atoms. The van der Waals surface area contributed by atoms with Crippen LogP contribution in [0.15, 0.2) is 97.3 Å². The molecule has 5 aliphatic heterocycles. The van der Waals surface area contributed by atoms with Gasteiger partial charge in [-0.1, -0.05) is 49.6 Å². The zero-order valence-corrected chi connectivity index (χ0v) is 53.4. The molecule has 3 unspecified atom stereocenters. The summed E-state index contributed by atoms with van der Waals surface area (Å²) >= 11 is 3.69. The van der Waals surface area contributed by atoms with Crippen molar-refractivity contribution in [2.45, 2.75) is 148 Å². The van der Waals surface area contributed by atoms with Crippen LogP contribution in [0.5, 0.6) is 23.0 Å². The van der Waals surface area contributed by atoms with E-state index in [0.717, 1.165) is 70.6 Å². The number of Topliss-reactive ketones (excluding diaryl/α,β-unsaturated/α-hetero) is 1. The molecule has 5 atom stereocenters. The Morgan fingerprint density at radius 1 is 0.703 bits per heavy atom. The highest BCUT2D eigenvalue weighted by Gasteiger charge is 2.42. The van der Waals surface area contributed by atoms with Crippen LogP contribution >= 0.6 is 12.9 Å². The molecule has 4 aromatic carbocycles. The third-order valence-corrected chi connectivity index (χ3v) is 17.5. The van der Waals surface area contributed by atoms with E-state index < -0.39 is 18.1 Å². The molecule has 5 heterocycles.